The summed E-state index contributed by atoms with van der Waals surface area (Å²) in [5.74, 6) is 1.93. The van der Waals surface area contributed by atoms with Crippen molar-refractivity contribution < 1.29 is 9.47 Å². The SMILES string of the molecule is CCOC(CCNC(=NC)NCC1CCCOC1C(C)(C)C)C(C)C. The van der Waals surface area contributed by atoms with Gasteiger partial charge in [0.05, 0.1) is 12.2 Å². The molecule has 0 spiro atoms. The molecule has 0 radical (unpaired) electrons. The maximum absolute atomic E-state index is 6.07. The van der Waals surface area contributed by atoms with Gasteiger partial charge >= 0.3 is 0 Å². The van der Waals surface area contributed by atoms with Crippen LogP contribution in [0.25, 0.3) is 0 Å². The highest BCUT2D eigenvalue weighted by atomic mass is 16.5. The molecule has 1 saturated heterocycles. The van der Waals surface area contributed by atoms with Gasteiger partial charge in [-0.2, -0.15) is 0 Å². The zero-order chi connectivity index (χ0) is 18.9. The molecular weight excluding hydrogens is 314 g/mol. The molecule has 1 aliphatic rings. The Labute approximate surface area is 155 Å². The molecule has 5 heteroatoms. The van der Waals surface area contributed by atoms with E-state index >= 15 is 0 Å². The van der Waals surface area contributed by atoms with Gasteiger partial charge in [0.15, 0.2) is 5.96 Å². The molecule has 0 bridgehead atoms. The fourth-order valence-corrected chi connectivity index (χ4v) is 3.61. The standard InChI is InChI=1S/C20H41N3O2/c1-8-24-17(15(2)3)11-12-22-19(21-7)23-14-16-10-9-13-25-18(16)20(4,5)6/h15-18H,8-14H2,1-7H3,(H2,21,22,23). The summed E-state index contributed by atoms with van der Waals surface area (Å²) in [5.41, 5.74) is 0.172. The van der Waals surface area contributed by atoms with E-state index < -0.39 is 0 Å². The second-order valence-corrected chi connectivity index (χ2v) is 8.47. The molecule has 0 amide bonds. The minimum atomic E-state index is 0.172. The average Bonchev–Trinajstić information content (AvgIpc) is 2.56. The number of rotatable bonds is 8. The highest BCUT2D eigenvalue weighted by Gasteiger charge is 2.35. The molecule has 5 nitrogen and oxygen atoms in total. The molecule has 25 heavy (non-hydrogen) atoms. The van der Waals surface area contributed by atoms with Crippen LogP contribution in [0.3, 0.4) is 0 Å². The van der Waals surface area contributed by atoms with E-state index in [1.807, 2.05) is 7.05 Å². The monoisotopic (exact) mass is 355 g/mol. The van der Waals surface area contributed by atoms with Crippen molar-refractivity contribution in [2.24, 2.45) is 22.2 Å². The van der Waals surface area contributed by atoms with Crippen molar-refractivity contribution in [1.82, 2.24) is 10.6 Å². The number of ether oxygens (including phenoxy) is 2. The van der Waals surface area contributed by atoms with Gasteiger partial charge in [-0.15, -0.1) is 0 Å². The zero-order valence-electron chi connectivity index (χ0n) is 17.5. The Morgan fingerprint density at radius 1 is 1.28 bits per heavy atom. The third kappa shape index (κ3) is 7.95. The third-order valence-corrected chi connectivity index (χ3v) is 4.90. The molecule has 1 rings (SSSR count). The summed E-state index contributed by atoms with van der Waals surface area (Å²) in [6.45, 7) is 16.7. The summed E-state index contributed by atoms with van der Waals surface area (Å²) in [5, 5.41) is 6.92. The summed E-state index contributed by atoms with van der Waals surface area (Å²) in [6.07, 6.45) is 3.95. The van der Waals surface area contributed by atoms with Crippen molar-refractivity contribution in [3.8, 4) is 0 Å². The van der Waals surface area contributed by atoms with Crippen molar-refractivity contribution in [2.75, 3.05) is 33.4 Å². The number of hydrogen-bond donors (Lipinski definition) is 2. The van der Waals surface area contributed by atoms with Gasteiger partial charge in [0, 0.05) is 39.3 Å². The molecule has 0 aromatic carbocycles. The zero-order valence-corrected chi connectivity index (χ0v) is 17.5. The first kappa shape index (κ1) is 22.2. The highest BCUT2D eigenvalue weighted by Crippen LogP contribution is 2.33. The molecule has 0 aromatic rings. The van der Waals surface area contributed by atoms with Crippen LogP contribution in [0.15, 0.2) is 4.99 Å². The number of hydrogen-bond acceptors (Lipinski definition) is 3. The fraction of sp³-hybridized carbons (Fsp3) is 0.950. The molecule has 0 saturated carbocycles. The van der Waals surface area contributed by atoms with Crippen LogP contribution in [-0.2, 0) is 9.47 Å². The summed E-state index contributed by atoms with van der Waals surface area (Å²) in [4.78, 5) is 4.36. The van der Waals surface area contributed by atoms with Gasteiger partial charge in [0.25, 0.3) is 0 Å². The van der Waals surface area contributed by atoms with Crippen LogP contribution in [0.5, 0.6) is 0 Å². The summed E-state index contributed by atoms with van der Waals surface area (Å²) in [6, 6.07) is 0. The Bertz CT molecular complexity index is 391. The van der Waals surface area contributed by atoms with E-state index in [1.54, 1.807) is 0 Å². The van der Waals surface area contributed by atoms with Crippen LogP contribution in [0.1, 0.15) is 60.8 Å². The van der Waals surface area contributed by atoms with Crippen LogP contribution in [-0.4, -0.2) is 51.5 Å². The van der Waals surface area contributed by atoms with E-state index in [-0.39, 0.29) is 5.41 Å². The Morgan fingerprint density at radius 3 is 2.56 bits per heavy atom. The second-order valence-electron chi connectivity index (χ2n) is 8.47. The van der Waals surface area contributed by atoms with Gasteiger partial charge in [-0.25, -0.2) is 0 Å². The maximum atomic E-state index is 6.07. The van der Waals surface area contributed by atoms with Crippen molar-refractivity contribution in [3.05, 3.63) is 0 Å². The minimum absolute atomic E-state index is 0.172. The first-order valence-electron chi connectivity index (χ1n) is 9.97. The highest BCUT2D eigenvalue weighted by molar-refractivity contribution is 5.79. The lowest BCUT2D eigenvalue weighted by Crippen LogP contribution is -2.47. The smallest absolute Gasteiger partial charge is 0.190 e. The third-order valence-electron chi connectivity index (χ3n) is 4.90. The van der Waals surface area contributed by atoms with Crippen LogP contribution in [0.2, 0.25) is 0 Å². The Hall–Kier alpha value is -0.810. The summed E-state index contributed by atoms with van der Waals surface area (Å²) < 4.78 is 11.9. The van der Waals surface area contributed by atoms with Crippen molar-refractivity contribution in [3.63, 3.8) is 0 Å². The number of nitrogens with one attached hydrogen (secondary N) is 2. The van der Waals surface area contributed by atoms with Crippen LogP contribution in [0.4, 0.5) is 0 Å². The normalized spacial score (nSPS) is 23.6. The molecule has 2 N–H and O–H groups in total. The summed E-state index contributed by atoms with van der Waals surface area (Å²) in [7, 11) is 1.83. The van der Waals surface area contributed by atoms with Gasteiger partial charge in [-0.3, -0.25) is 4.99 Å². The average molecular weight is 356 g/mol. The number of guanidine groups is 1. The van der Waals surface area contributed by atoms with Gasteiger partial charge in [0.2, 0.25) is 0 Å². The molecule has 0 aromatic heterocycles. The van der Waals surface area contributed by atoms with E-state index in [9.17, 15) is 0 Å². The predicted molar refractivity (Wildman–Crippen MR) is 106 cm³/mol. The van der Waals surface area contributed by atoms with Gasteiger partial charge in [-0.1, -0.05) is 34.6 Å². The number of aliphatic imine (C=N–C) groups is 1. The quantitative estimate of drug-likeness (QED) is 0.517. The van der Waals surface area contributed by atoms with Crippen molar-refractivity contribution in [2.45, 2.75) is 73.0 Å². The largest absolute Gasteiger partial charge is 0.378 e. The van der Waals surface area contributed by atoms with Crippen LogP contribution < -0.4 is 10.6 Å². The molecule has 1 heterocycles. The Kier molecular flexibility index (Phi) is 9.80. The first-order valence-corrected chi connectivity index (χ1v) is 9.97. The maximum Gasteiger partial charge on any atom is 0.190 e. The van der Waals surface area contributed by atoms with Gasteiger partial charge in [0.1, 0.15) is 0 Å². The van der Waals surface area contributed by atoms with Gasteiger partial charge < -0.3 is 20.1 Å². The predicted octanol–water partition coefficient (Wildman–Crippen LogP) is 3.44. The molecule has 148 valence electrons. The molecule has 3 atom stereocenters. The molecule has 1 fully saturated rings. The van der Waals surface area contributed by atoms with Crippen LogP contribution in [0, 0.1) is 17.3 Å². The Balaban J connectivity index is 2.43. The van der Waals surface area contributed by atoms with E-state index in [0.717, 1.165) is 45.1 Å². The molecule has 0 aliphatic carbocycles. The number of nitrogens with zero attached hydrogens (tertiary/aromatic N) is 1. The lowest BCUT2D eigenvalue weighted by molar-refractivity contribution is -0.0835. The van der Waals surface area contributed by atoms with Crippen molar-refractivity contribution in [1.29, 1.82) is 0 Å². The summed E-state index contributed by atoms with van der Waals surface area (Å²) >= 11 is 0. The van der Waals surface area contributed by atoms with Crippen LogP contribution >= 0.6 is 0 Å². The molecular formula is C20H41N3O2. The Morgan fingerprint density at radius 2 is 2.00 bits per heavy atom. The molecule has 1 aliphatic heterocycles. The van der Waals surface area contributed by atoms with E-state index in [2.05, 4.69) is 57.2 Å². The van der Waals surface area contributed by atoms with E-state index in [4.69, 9.17) is 9.47 Å². The molecule has 3 unspecified atom stereocenters. The topological polar surface area (TPSA) is 54.9 Å². The second kappa shape index (κ2) is 11.0. The van der Waals surface area contributed by atoms with Gasteiger partial charge in [-0.05, 0) is 37.5 Å². The lowest BCUT2D eigenvalue weighted by Gasteiger charge is -2.40. The lowest BCUT2D eigenvalue weighted by atomic mass is 9.78. The minimum Gasteiger partial charge on any atom is -0.378 e. The van der Waals surface area contributed by atoms with Crippen molar-refractivity contribution >= 4 is 5.96 Å². The fourth-order valence-electron chi connectivity index (χ4n) is 3.61. The first-order chi connectivity index (χ1) is 11.8. The van der Waals surface area contributed by atoms with E-state index in [0.29, 0.717) is 24.0 Å². The van der Waals surface area contributed by atoms with E-state index in [1.165, 1.54) is 6.42 Å².